The van der Waals surface area contributed by atoms with E-state index < -0.39 is 17.9 Å². The molecule has 1 aromatic carbocycles. The normalized spacial score (nSPS) is 33.6. The summed E-state index contributed by atoms with van der Waals surface area (Å²) < 4.78 is 18.2. The molecule has 0 saturated heterocycles. The number of hydrogen-bond donors (Lipinski definition) is 2. The van der Waals surface area contributed by atoms with E-state index in [1.54, 1.807) is 0 Å². The van der Waals surface area contributed by atoms with E-state index in [4.69, 9.17) is 4.74 Å². The Hall–Kier alpha value is -2.11. The van der Waals surface area contributed by atoms with Crippen molar-refractivity contribution < 1.29 is 23.8 Å². The molecule has 0 aromatic heterocycles. The number of hydrogen-bond acceptors (Lipinski definition) is 3. The summed E-state index contributed by atoms with van der Waals surface area (Å²) in [5.41, 5.74) is 0. The first-order valence-corrected chi connectivity index (χ1v) is 8.47. The fourth-order valence-electron chi connectivity index (χ4n) is 4.84. The van der Waals surface area contributed by atoms with Crippen molar-refractivity contribution >= 4 is 11.9 Å². The molecule has 3 aliphatic carbocycles. The van der Waals surface area contributed by atoms with Crippen molar-refractivity contribution in [3.05, 3.63) is 30.1 Å². The molecule has 3 fully saturated rings. The Labute approximate surface area is 139 Å². The maximum Gasteiger partial charge on any atom is 0.346 e. The van der Waals surface area contributed by atoms with E-state index in [9.17, 15) is 19.1 Å². The van der Waals surface area contributed by atoms with Crippen LogP contribution in [0.3, 0.4) is 0 Å². The van der Waals surface area contributed by atoms with E-state index in [0.29, 0.717) is 23.7 Å². The summed E-state index contributed by atoms with van der Waals surface area (Å²) in [7, 11) is 0. The van der Waals surface area contributed by atoms with Gasteiger partial charge in [-0.15, -0.1) is 0 Å². The third kappa shape index (κ3) is 2.64. The Bertz CT molecular complexity index is 645. The Kier molecular flexibility index (Phi) is 3.70. The molecular formula is C18H20FNO4. The highest BCUT2D eigenvalue weighted by Gasteiger charge is 2.67. The molecule has 0 radical (unpaired) electrons. The Morgan fingerprint density at radius 3 is 2.42 bits per heavy atom. The number of amides is 1. The van der Waals surface area contributed by atoms with Gasteiger partial charge in [0.2, 0.25) is 12.0 Å². The topological polar surface area (TPSA) is 75.6 Å². The highest BCUT2D eigenvalue weighted by atomic mass is 19.1. The Morgan fingerprint density at radius 1 is 1.21 bits per heavy atom. The van der Waals surface area contributed by atoms with Gasteiger partial charge in [0, 0.05) is 5.92 Å². The van der Waals surface area contributed by atoms with E-state index in [-0.39, 0.29) is 24.1 Å². The minimum atomic E-state index is -1.19. The third-order valence-corrected chi connectivity index (χ3v) is 5.87. The van der Waals surface area contributed by atoms with Crippen molar-refractivity contribution in [1.82, 2.24) is 5.32 Å². The Morgan fingerprint density at radius 2 is 1.83 bits per heavy atom. The van der Waals surface area contributed by atoms with E-state index in [0.717, 1.165) is 0 Å². The minimum Gasteiger partial charge on any atom is -0.478 e. The average molecular weight is 333 g/mol. The maximum atomic E-state index is 12.9. The van der Waals surface area contributed by atoms with E-state index in [1.165, 1.54) is 43.5 Å². The van der Waals surface area contributed by atoms with Crippen LogP contribution in [0.1, 0.15) is 19.3 Å². The Balaban J connectivity index is 1.32. The molecule has 0 aliphatic heterocycles. The van der Waals surface area contributed by atoms with Crippen LogP contribution < -0.4 is 10.1 Å². The van der Waals surface area contributed by atoms with Gasteiger partial charge in [-0.2, -0.15) is 0 Å². The predicted molar refractivity (Wildman–Crippen MR) is 82.8 cm³/mol. The number of benzene rings is 1. The third-order valence-electron chi connectivity index (χ3n) is 5.87. The lowest BCUT2D eigenvalue weighted by atomic mass is 10.0. The summed E-state index contributed by atoms with van der Waals surface area (Å²) in [5, 5.41) is 12.0. The molecule has 6 heteroatoms. The fourth-order valence-corrected chi connectivity index (χ4v) is 4.84. The van der Waals surface area contributed by atoms with Crippen LogP contribution in [0.4, 0.5) is 4.39 Å². The van der Waals surface area contributed by atoms with Crippen molar-refractivity contribution in [3.63, 3.8) is 0 Å². The largest absolute Gasteiger partial charge is 0.478 e. The molecule has 24 heavy (non-hydrogen) atoms. The van der Waals surface area contributed by atoms with Gasteiger partial charge in [0.15, 0.2) is 0 Å². The van der Waals surface area contributed by atoms with Gasteiger partial charge in [0.25, 0.3) is 0 Å². The second kappa shape index (κ2) is 5.76. The van der Waals surface area contributed by atoms with Crippen LogP contribution in [-0.4, -0.2) is 29.6 Å². The van der Waals surface area contributed by atoms with Gasteiger partial charge < -0.3 is 15.2 Å². The van der Waals surface area contributed by atoms with Crippen molar-refractivity contribution in [2.45, 2.75) is 25.4 Å². The van der Waals surface area contributed by atoms with Gasteiger partial charge >= 0.3 is 5.97 Å². The van der Waals surface area contributed by atoms with Crippen molar-refractivity contribution in [2.75, 3.05) is 6.54 Å². The molecule has 128 valence electrons. The van der Waals surface area contributed by atoms with E-state index in [1.807, 2.05) is 0 Å². The molecule has 5 unspecified atom stereocenters. The zero-order valence-electron chi connectivity index (χ0n) is 13.2. The summed E-state index contributed by atoms with van der Waals surface area (Å²) >= 11 is 0. The van der Waals surface area contributed by atoms with Crippen LogP contribution in [0.2, 0.25) is 0 Å². The molecule has 2 bridgehead atoms. The predicted octanol–water partition coefficient (Wildman–Crippen LogP) is 2.07. The number of carboxylic acids is 1. The second-order valence-corrected chi connectivity index (χ2v) is 7.16. The van der Waals surface area contributed by atoms with Gasteiger partial charge in [-0.1, -0.05) is 0 Å². The number of carbonyl (C=O) groups is 2. The van der Waals surface area contributed by atoms with Gasteiger partial charge in [-0.25, -0.2) is 9.18 Å². The first kappa shape index (κ1) is 15.4. The molecule has 3 saturated carbocycles. The standard InChI is InChI=1S/C18H20FNO4/c19-11-3-5-12(6-4-11)24-13(18(22)23)8-20-17(21)16-14-9-1-2-10(7-9)15(14)16/h3-6,9-10,13-16H,1-2,7-8H2,(H,20,21)(H,22,23). The fraction of sp³-hybridized carbons (Fsp3) is 0.556. The van der Waals surface area contributed by atoms with Crippen LogP contribution in [-0.2, 0) is 9.59 Å². The second-order valence-electron chi connectivity index (χ2n) is 7.16. The number of aliphatic carboxylic acids is 1. The number of carboxylic acid groups (broad SMARTS) is 1. The van der Waals surface area contributed by atoms with Crippen molar-refractivity contribution in [1.29, 1.82) is 0 Å². The molecule has 0 heterocycles. The van der Waals surface area contributed by atoms with Crippen LogP contribution in [0, 0.1) is 35.4 Å². The summed E-state index contributed by atoms with van der Waals surface area (Å²) in [6.45, 7) is -0.0865. The molecular weight excluding hydrogens is 313 g/mol. The number of ether oxygens (including phenoxy) is 1. The molecule has 5 atom stereocenters. The zero-order valence-corrected chi connectivity index (χ0v) is 13.2. The van der Waals surface area contributed by atoms with Gasteiger partial charge in [-0.3, -0.25) is 4.79 Å². The van der Waals surface area contributed by atoms with E-state index >= 15 is 0 Å². The molecule has 1 aromatic rings. The number of halogens is 1. The highest BCUT2D eigenvalue weighted by Crippen LogP contribution is 2.69. The lowest BCUT2D eigenvalue weighted by Crippen LogP contribution is -2.41. The summed E-state index contributed by atoms with van der Waals surface area (Å²) in [6, 6.07) is 5.15. The molecule has 2 N–H and O–H groups in total. The summed E-state index contributed by atoms with van der Waals surface area (Å²) in [6.07, 6.45) is 2.56. The minimum absolute atomic E-state index is 0.0458. The SMILES string of the molecule is O=C(O)C(CNC(=O)C1C2C3CCC(C3)C12)Oc1ccc(F)cc1. The molecule has 0 spiro atoms. The highest BCUT2D eigenvalue weighted by molar-refractivity contribution is 5.83. The van der Waals surface area contributed by atoms with Gasteiger partial charge in [0.05, 0.1) is 6.54 Å². The van der Waals surface area contributed by atoms with Gasteiger partial charge in [-0.05, 0) is 67.2 Å². The molecule has 4 rings (SSSR count). The smallest absolute Gasteiger partial charge is 0.346 e. The maximum absolute atomic E-state index is 12.9. The van der Waals surface area contributed by atoms with E-state index in [2.05, 4.69) is 5.32 Å². The number of fused-ring (bicyclic) bond motifs is 5. The number of carbonyl (C=O) groups excluding carboxylic acids is 1. The van der Waals surface area contributed by atoms with Crippen molar-refractivity contribution in [3.8, 4) is 5.75 Å². The zero-order chi connectivity index (χ0) is 16.8. The first-order chi connectivity index (χ1) is 11.5. The lowest BCUT2D eigenvalue weighted by molar-refractivity contribution is -0.145. The lowest BCUT2D eigenvalue weighted by Gasteiger charge is -2.16. The summed E-state index contributed by atoms with van der Waals surface area (Å²) in [4.78, 5) is 23.7. The van der Waals surface area contributed by atoms with Crippen molar-refractivity contribution in [2.24, 2.45) is 29.6 Å². The van der Waals surface area contributed by atoms with Crippen LogP contribution in [0.15, 0.2) is 24.3 Å². The number of nitrogens with one attached hydrogen (secondary N) is 1. The van der Waals surface area contributed by atoms with Gasteiger partial charge in [0.1, 0.15) is 11.6 Å². The van der Waals surface area contributed by atoms with Crippen LogP contribution in [0.5, 0.6) is 5.75 Å². The quantitative estimate of drug-likeness (QED) is 0.836. The first-order valence-electron chi connectivity index (χ1n) is 8.47. The van der Waals surface area contributed by atoms with Crippen LogP contribution >= 0.6 is 0 Å². The average Bonchev–Trinajstić information content (AvgIpc) is 3.00. The molecule has 1 amide bonds. The van der Waals surface area contributed by atoms with Crippen LogP contribution in [0.25, 0.3) is 0 Å². The monoisotopic (exact) mass is 333 g/mol. The summed E-state index contributed by atoms with van der Waals surface area (Å²) in [5.74, 6) is 1.14. The number of rotatable bonds is 6. The molecule has 3 aliphatic rings. The molecule has 5 nitrogen and oxygen atoms in total.